The summed E-state index contributed by atoms with van der Waals surface area (Å²) >= 11 is 0. The molecule has 18 heavy (non-hydrogen) atoms. The SMILES string of the molecule is COC(OCc1ccccc1)C1CC(C(N)=O)C1. The van der Waals surface area contributed by atoms with E-state index in [2.05, 4.69) is 0 Å². The van der Waals surface area contributed by atoms with Crippen molar-refractivity contribution < 1.29 is 14.3 Å². The van der Waals surface area contributed by atoms with Gasteiger partial charge in [-0.25, -0.2) is 0 Å². The Morgan fingerprint density at radius 2 is 2.06 bits per heavy atom. The molecule has 0 aliphatic heterocycles. The molecule has 1 aromatic rings. The molecule has 4 nitrogen and oxygen atoms in total. The van der Waals surface area contributed by atoms with Gasteiger partial charge in [-0.3, -0.25) is 4.79 Å². The summed E-state index contributed by atoms with van der Waals surface area (Å²) in [6, 6.07) is 9.96. The molecule has 4 heteroatoms. The summed E-state index contributed by atoms with van der Waals surface area (Å²) in [6.07, 6.45) is 1.28. The summed E-state index contributed by atoms with van der Waals surface area (Å²) in [5, 5.41) is 0. The maximum absolute atomic E-state index is 11.0. The minimum atomic E-state index is -0.249. The quantitative estimate of drug-likeness (QED) is 0.780. The van der Waals surface area contributed by atoms with Crippen LogP contribution >= 0.6 is 0 Å². The number of methoxy groups -OCH3 is 1. The predicted molar refractivity (Wildman–Crippen MR) is 67.4 cm³/mol. The molecule has 1 aliphatic rings. The topological polar surface area (TPSA) is 61.6 Å². The van der Waals surface area contributed by atoms with Gasteiger partial charge in [0.05, 0.1) is 6.61 Å². The molecule has 2 rings (SSSR count). The van der Waals surface area contributed by atoms with Crippen LogP contribution in [0, 0.1) is 11.8 Å². The first-order valence-electron chi connectivity index (χ1n) is 6.18. The fourth-order valence-electron chi connectivity index (χ4n) is 2.27. The number of rotatable bonds is 6. The van der Waals surface area contributed by atoms with Crippen molar-refractivity contribution in [2.75, 3.05) is 7.11 Å². The molecule has 0 spiro atoms. The highest BCUT2D eigenvalue weighted by Gasteiger charge is 2.38. The molecular weight excluding hydrogens is 230 g/mol. The van der Waals surface area contributed by atoms with Crippen LogP contribution in [0.1, 0.15) is 18.4 Å². The van der Waals surface area contributed by atoms with E-state index in [-0.39, 0.29) is 24.0 Å². The van der Waals surface area contributed by atoms with Gasteiger partial charge in [-0.05, 0) is 18.4 Å². The Morgan fingerprint density at radius 1 is 1.39 bits per heavy atom. The molecule has 1 aliphatic carbocycles. The van der Waals surface area contributed by atoms with Crippen molar-refractivity contribution in [1.29, 1.82) is 0 Å². The van der Waals surface area contributed by atoms with Gasteiger partial charge in [0.2, 0.25) is 5.91 Å². The summed E-state index contributed by atoms with van der Waals surface area (Å²) in [5.74, 6) is 0.0494. The fourth-order valence-corrected chi connectivity index (χ4v) is 2.27. The van der Waals surface area contributed by atoms with E-state index in [9.17, 15) is 4.79 Å². The average molecular weight is 249 g/mol. The van der Waals surface area contributed by atoms with Crippen molar-refractivity contribution in [1.82, 2.24) is 0 Å². The molecule has 0 radical (unpaired) electrons. The Hall–Kier alpha value is -1.39. The molecule has 2 N–H and O–H groups in total. The number of hydrogen-bond donors (Lipinski definition) is 1. The van der Waals surface area contributed by atoms with Gasteiger partial charge in [0.15, 0.2) is 6.29 Å². The monoisotopic (exact) mass is 249 g/mol. The summed E-state index contributed by atoms with van der Waals surface area (Å²) in [5.41, 5.74) is 6.36. The largest absolute Gasteiger partial charge is 0.369 e. The lowest BCUT2D eigenvalue weighted by Gasteiger charge is -2.37. The zero-order chi connectivity index (χ0) is 13.0. The fraction of sp³-hybridized carbons (Fsp3) is 0.500. The van der Waals surface area contributed by atoms with E-state index >= 15 is 0 Å². The van der Waals surface area contributed by atoms with E-state index in [4.69, 9.17) is 15.2 Å². The molecule has 1 amide bonds. The Balaban J connectivity index is 1.79. The van der Waals surface area contributed by atoms with Gasteiger partial charge >= 0.3 is 0 Å². The Labute approximate surface area is 107 Å². The van der Waals surface area contributed by atoms with Crippen molar-refractivity contribution in [3.8, 4) is 0 Å². The molecule has 1 atom stereocenters. The number of carbonyl (C=O) groups excluding carboxylic acids is 1. The number of nitrogens with two attached hydrogens (primary N) is 1. The first-order chi connectivity index (χ1) is 8.70. The highest BCUT2D eigenvalue weighted by Crippen LogP contribution is 2.37. The first kappa shape index (κ1) is 13.1. The van der Waals surface area contributed by atoms with Crippen LogP contribution in [-0.2, 0) is 20.9 Å². The molecular formula is C14H19NO3. The predicted octanol–water partition coefficient (Wildman–Crippen LogP) is 1.69. The maximum Gasteiger partial charge on any atom is 0.220 e. The van der Waals surface area contributed by atoms with Gasteiger partial charge in [0.25, 0.3) is 0 Å². The van der Waals surface area contributed by atoms with Gasteiger partial charge in [-0.2, -0.15) is 0 Å². The van der Waals surface area contributed by atoms with Crippen LogP contribution in [0.5, 0.6) is 0 Å². The lowest BCUT2D eigenvalue weighted by molar-refractivity contribution is -0.187. The first-order valence-corrected chi connectivity index (χ1v) is 6.18. The third-order valence-corrected chi connectivity index (χ3v) is 3.45. The van der Waals surface area contributed by atoms with Crippen LogP contribution in [0.4, 0.5) is 0 Å². The number of primary amides is 1. The van der Waals surface area contributed by atoms with Crippen LogP contribution in [0.15, 0.2) is 30.3 Å². The van der Waals surface area contributed by atoms with E-state index in [1.165, 1.54) is 0 Å². The van der Waals surface area contributed by atoms with Crippen molar-refractivity contribution in [3.63, 3.8) is 0 Å². The standard InChI is InChI=1S/C14H19NO3/c1-17-14(12-7-11(8-12)13(15)16)18-9-10-5-3-2-4-6-10/h2-6,11-12,14H,7-9H2,1H3,(H2,15,16). The number of amides is 1. The van der Waals surface area contributed by atoms with Gasteiger partial charge < -0.3 is 15.2 Å². The summed E-state index contributed by atoms with van der Waals surface area (Å²) in [4.78, 5) is 11.0. The van der Waals surface area contributed by atoms with Gasteiger partial charge in [-0.15, -0.1) is 0 Å². The molecule has 1 saturated carbocycles. The Kier molecular flexibility index (Phi) is 4.33. The smallest absolute Gasteiger partial charge is 0.220 e. The van der Waals surface area contributed by atoms with E-state index in [0.29, 0.717) is 6.61 Å². The van der Waals surface area contributed by atoms with Crippen molar-refractivity contribution in [2.45, 2.75) is 25.7 Å². The molecule has 0 heterocycles. The number of hydrogen-bond acceptors (Lipinski definition) is 3. The molecule has 0 bridgehead atoms. The van der Waals surface area contributed by atoms with E-state index in [1.807, 2.05) is 30.3 Å². The second kappa shape index (κ2) is 5.98. The lowest BCUT2D eigenvalue weighted by Crippen LogP contribution is -2.42. The number of ether oxygens (including phenoxy) is 2. The normalized spacial score (nSPS) is 24.3. The zero-order valence-electron chi connectivity index (χ0n) is 10.5. The van der Waals surface area contributed by atoms with Crippen LogP contribution in [0.2, 0.25) is 0 Å². The molecule has 0 aromatic heterocycles. The van der Waals surface area contributed by atoms with Crippen LogP contribution in [0.25, 0.3) is 0 Å². The zero-order valence-corrected chi connectivity index (χ0v) is 10.5. The summed E-state index contributed by atoms with van der Waals surface area (Å²) < 4.78 is 11.1. The van der Waals surface area contributed by atoms with Gasteiger partial charge in [-0.1, -0.05) is 30.3 Å². The summed E-state index contributed by atoms with van der Waals surface area (Å²) in [7, 11) is 1.63. The minimum Gasteiger partial charge on any atom is -0.369 e. The highest BCUT2D eigenvalue weighted by atomic mass is 16.7. The average Bonchev–Trinajstić information content (AvgIpc) is 2.32. The van der Waals surface area contributed by atoms with Gasteiger partial charge in [0, 0.05) is 18.9 Å². The van der Waals surface area contributed by atoms with Crippen molar-refractivity contribution >= 4 is 5.91 Å². The number of benzene rings is 1. The Morgan fingerprint density at radius 3 is 2.61 bits per heavy atom. The molecule has 1 aromatic carbocycles. The maximum atomic E-state index is 11.0. The van der Waals surface area contributed by atoms with Gasteiger partial charge in [0.1, 0.15) is 0 Å². The highest BCUT2D eigenvalue weighted by molar-refractivity contribution is 5.77. The Bertz CT molecular complexity index is 387. The second-order valence-electron chi connectivity index (χ2n) is 4.73. The van der Waals surface area contributed by atoms with Crippen LogP contribution in [-0.4, -0.2) is 19.3 Å². The van der Waals surface area contributed by atoms with E-state index < -0.39 is 0 Å². The third kappa shape index (κ3) is 3.09. The van der Waals surface area contributed by atoms with Crippen LogP contribution in [0.3, 0.4) is 0 Å². The van der Waals surface area contributed by atoms with E-state index in [1.54, 1.807) is 7.11 Å². The minimum absolute atomic E-state index is 0.00650. The molecule has 1 unspecified atom stereocenters. The summed E-state index contributed by atoms with van der Waals surface area (Å²) in [6.45, 7) is 0.525. The van der Waals surface area contributed by atoms with E-state index in [0.717, 1.165) is 18.4 Å². The molecule has 0 saturated heterocycles. The lowest BCUT2D eigenvalue weighted by atomic mass is 9.74. The molecule has 1 fully saturated rings. The van der Waals surface area contributed by atoms with Crippen LogP contribution < -0.4 is 5.73 Å². The third-order valence-electron chi connectivity index (χ3n) is 3.45. The number of carbonyl (C=O) groups is 1. The van der Waals surface area contributed by atoms with Crippen molar-refractivity contribution in [3.05, 3.63) is 35.9 Å². The molecule has 98 valence electrons. The van der Waals surface area contributed by atoms with Crippen molar-refractivity contribution in [2.24, 2.45) is 17.6 Å². The second-order valence-corrected chi connectivity index (χ2v) is 4.73.